The highest BCUT2D eigenvalue weighted by Gasteiger charge is 2.03. The molecule has 0 aromatic carbocycles. The predicted molar refractivity (Wildman–Crippen MR) is 68.6 cm³/mol. The van der Waals surface area contributed by atoms with Crippen LogP contribution in [0.1, 0.15) is 20.3 Å². The van der Waals surface area contributed by atoms with E-state index in [1.165, 1.54) is 6.20 Å². The van der Waals surface area contributed by atoms with Crippen molar-refractivity contribution in [3.05, 3.63) is 21.6 Å². The topological polar surface area (TPSA) is 67.0 Å². The lowest BCUT2D eigenvalue weighted by atomic mass is 10.1. The zero-order valence-corrected chi connectivity index (χ0v) is 10.9. The first kappa shape index (κ1) is 14.0. The number of halogens is 1. The van der Waals surface area contributed by atoms with Gasteiger partial charge in [-0.25, -0.2) is 5.10 Å². The molecule has 0 saturated heterocycles. The van der Waals surface area contributed by atoms with Gasteiger partial charge in [0.1, 0.15) is 5.02 Å². The molecule has 1 rings (SSSR count). The Balaban J connectivity index is 2.23. The number of nitrogens with one attached hydrogen (secondary N) is 2. The number of nitrogens with zero attached hydrogens (tertiary/aromatic N) is 1. The van der Waals surface area contributed by atoms with Crippen LogP contribution in [0, 0.1) is 5.92 Å². The average Bonchev–Trinajstić information content (AvgIpc) is 2.28. The van der Waals surface area contributed by atoms with Crippen LogP contribution >= 0.6 is 11.6 Å². The van der Waals surface area contributed by atoms with E-state index in [1.54, 1.807) is 0 Å². The normalized spacial score (nSPS) is 10.8. The summed E-state index contributed by atoms with van der Waals surface area (Å²) in [5.74, 6) is 0.647. The summed E-state index contributed by atoms with van der Waals surface area (Å²) in [7, 11) is 0. The van der Waals surface area contributed by atoms with Crippen LogP contribution in [0.4, 0.5) is 5.69 Å². The third-order valence-corrected chi connectivity index (χ3v) is 2.57. The van der Waals surface area contributed by atoms with Gasteiger partial charge in [0.05, 0.1) is 18.5 Å². The summed E-state index contributed by atoms with van der Waals surface area (Å²) in [5.41, 5.74) is 0.139. The summed E-state index contributed by atoms with van der Waals surface area (Å²) in [4.78, 5) is 11.1. The van der Waals surface area contributed by atoms with Crippen LogP contribution in [-0.4, -0.2) is 30.0 Å². The highest BCUT2D eigenvalue weighted by Crippen LogP contribution is 2.13. The van der Waals surface area contributed by atoms with Crippen molar-refractivity contribution >= 4 is 17.3 Å². The van der Waals surface area contributed by atoms with Crippen molar-refractivity contribution < 1.29 is 4.74 Å². The van der Waals surface area contributed by atoms with E-state index >= 15 is 0 Å². The van der Waals surface area contributed by atoms with Gasteiger partial charge in [-0.05, 0) is 12.3 Å². The Morgan fingerprint density at radius 3 is 3.00 bits per heavy atom. The molecule has 17 heavy (non-hydrogen) atoms. The molecule has 0 aliphatic rings. The number of H-pyrrole nitrogens is 1. The number of rotatable bonds is 7. The summed E-state index contributed by atoms with van der Waals surface area (Å²) in [6.45, 7) is 6.24. The molecule has 5 nitrogen and oxygen atoms in total. The second-order valence-electron chi connectivity index (χ2n) is 4.15. The van der Waals surface area contributed by atoms with Gasteiger partial charge in [0.15, 0.2) is 0 Å². The van der Waals surface area contributed by atoms with Crippen molar-refractivity contribution in [1.29, 1.82) is 0 Å². The number of ether oxygens (including phenoxy) is 1. The van der Waals surface area contributed by atoms with E-state index < -0.39 is 5.56 Å². The number of aromatic nitrogens is 2. The molecule has 0 saturated carbocycles. The Morgan fingerprint density at radius 1 is 1.53 bits per heavy atom. The van der Waals surface area contributed by atoms with E-state index in [1.807, 2.05) is 0 Å². The first-order valence-electron chi connectivity index (χ1n) is 5.66. The summed E-state index contributed by atoms with van der Waals surface area (Å²) < 4.78 is 5.42. The molecule has 0 unspecified atom stereocenters. The third kappa shape index (κ3) is 5.19. The minimum absolute atomic E-state index is 0.127. The fourth-order valence-corrected chi connectivity index (χ4v) is 1.34. The molecule has 0 amide bonds. The number of hydrogen-bond acceptors (Lipinski definition) is 4. The molecule has 1 aromatic rings. The maximum absolute atomic E-state index is 11.1. The fourth-order valence-electron chi connectivity index (χ4n) is 1.19. The molecule has 0 spiro atoms. The molecule has 0 aliphatic heterocycles. The summed E-state index contributed by atoms with van der Waals surface area (Å²) >= 11 is 5.79. The highest BCUT2D eigenvalue weighted by molar-refractivity contribution is 6.32. The van der Waals surface area contributed by atoms with Crippen LogP contribution in [0.3, 0.4) is 0 Å². The van der Waals surface area contributed by atoms with Crippen LogP contribution in [0.25, 0.3) is 0 Å². The number of anilines is 1. The molecule has 0 aliphatic carbocycles. The van der Waals surface area contributed by atoms with E-state index in [-0.39, 0.29) is 5.02 Å². The SMILES string of the molecule is CC(C)CCOCCNc1cn[nH]c(=O)c1Cl. The zero-order valence-electron chi connectivity index (χ0n) is 10.1. The first-order chi connectivity index (χ1) is 8.11. The third-order valence-electron chi connectivity index (χ3n) is 2.20. The van der Waals surface area contributed by atoms with Crippen molar-refractivity contribution in [3.8, 4) is 0 Å². The molecule has 96 valence electrons. The quantitative estimate of drug-likeness (QED) is 0.734. The summed E-state index contributed by atoms with van der Waals surface area (Å²) in [6, 6.07) is 0. The molecule has 1 heterocycles. The fraction of sp³-hybridized carbons (Fsp3) is 0.636. The molecular weight excluding hydrogens is 242 g/mol. The maximum atomic E-state index is 11.1. The lowest BCUT2D eigenvalue weighted by molar-refractivity contribution is 0.132. The van der Waals surface area contributed by atoms with Crippen LogP contribution in [0.15, 0.2) is 11.0 Å². The van der Waals surface area contributed by atoms with Crippen molar-refractivity contribution in [2.45, 2.75) is 20.3 Å². The van der Waals surface area contributed by atoms with Crippen LogP contribution in [0.2, 0.25) is 5.02 Å². The molecule has 0 bridgehead atoms. The van der Waals surface area contributed by atoms with Crippen molar-refractivity contribution in [3.63, 3.8) is 0 Å². The Morgan fingerprint density at radius 2 is 2.29 bits per heavy atom. The zero-order chi connectivity index (χ0) is 12.7. The largest absolute Gasteiger partial charge is 0.380 e. The van der Waals surface area contributed by atoms with Gasteiger partial charge in [0.2, 0.25) is 0 Å². The van der Waals surface area contributed by atoms with E-state index in [4.69, 9.17) is 16.3 Å². The van der Waals surface area contributed by atoms with Crippen LogP contribution < -0.4 is 10.9 Å². The second-order valence-corrected chi connectivity index (χ2v) is 4.53. The molecule has 0 fully saturated rings. The Kier molecular flexibility index (Phi) is 6.00. The molecule has 1 aromatic heterocycles. The van der Waals surface area contributed by atoms with Gasteiger partial charge in [-0.15, -0.1) is 0 Å². The van der Waals surface area contributed by atoms with Gasteiger partial charge in [-0.2, -0.15) is 5.10 Å². The van der Waals surface area contributed by atoms with Gasteiger partial charge in [-0.1, -0.05) is 25.4 Å². The second kappa shape index (κ2) is 7.29. The lowest BCUT2D eigenvalue weighted by Crippen LogP contribution is -2.15. The van der Waals surface area contributed by atoms with Gasteiger partial charge in [0.25, 0.3) is 5.56 Å². The van der Waals surface area contributed by atoms with E-state index in [9.17, 15) is 4.79 Å². The molecule has 0 radical (unpaired) electrons. The maximum Gasteiger partial charge on any atom is 0.285 e. The Hall–Kier alpha value is -1.07. The van der Waals surface area contributed by atoms with Crippen molar-refractivity contribution in [1.82, 2.24) is 10.2 Å². The smallest absolute Gasteiger partial charge is 0.285 e. The minimum Gasteiger partial charge on any atom is -0.380 e. The van der Waals surface area contributed by atoms with E-state index in [2.05, 4.69) is 29.4 Å². The minimum atomic E-state index is -0.391. The summed E-state index contributed by atoms with van der Waals surface area (Å²) in [6.07, 6.45) is 2.53. The molecule has 6 heteroatoms. The monoisotopic (exact) mass is 259 g/mol. The van der Waals surface area contributed by atoms with Crippen LogP contribution in [0.5, 0.6) is 0 Å². The first-order valence-corrected chi connectivity index (χ1v) is 6.04. The Bertz CT molecular complexity index is 393. The molecular formula is C11H18ClN3O2. The van der Waals surface area contributed by atoms with Crippen molar-refractivity contribution in [2.75, 3.05) is 25.1 Å². The van der Waals surface area contributed by atoms with Crippen molar-refractivity contribution in [2.24, 2.45) is 5.92 Å². The van der Waals surface area contributed by atoms with Gasteiger partial charge in [-0.3, -0.25) is 4.79 Å². The average molecular weight is 260 g/mol. The lowest BCUT2D eigenvalue weighted by Gasteiger charge is -2.08. The van der Waals surface area contributed by atoms with E-state index in [0.29, 0.717) is 24.8 Å². The number of aromatic amines is 1. The van der Waals surface area contributed by atoms with Gasteiger partial charge >= 0.3 is 0 Å². The van der Waals surface area contributed by atoms with E-state index in [0.717, 1.165) is 13.0 Å². The molecule has 0 atom stereocenters. The Labute approximate surface area is 106 Å². The number of hydrogen-bond donors (Lipinski definition) is 2. The summed E-state index contributed by atoms with van der Waals surface area (Å²) in [5, 5.41) is 9.04. The highest BCUT2D eigenvalue weighted by atomic mass is 35.5. The standard InChI is InChI=1S/C11H18ClN3O2/c1-8(2)3-5-17-6-4-13-9-7-14-15-11(16)10(9)12/h7-8H,3-6H2,1-2H3,(H2,13,15,16). The van der Waals surface area contributed by atoms with Gasteiger partial charge < -0.3 is 10.1 Å². The predicted octanol–water partition coefficient (Wildman–Crippen LogP) is 1.90. The van der Waals surface area contributed by atoms with Crippen LogP contribution in [-0.2, 0) is 4.74 Å². The van der Waals surface area contributed by atoms with Gasteiger partial charge in [0, 0.05) is 13.2 Å². The molecule has 2 N–H and O–H groups in total.